The Labute approximate surface area is 317 Å². The summed E-state index contributed by atoms with van der Waals surface area (Å²) in [7, 11) is 1.32. The molecule has 0 aromatic heterocycles. The zero-order valence-corrected chi connectivity index (χ0v) is 35.5. The van der Waals surface area contributed by atoms with E-state index in [0.29, 0.717) is 23.9 Å². The van der Waals surface area contributed by atoms with E-state index in [2.05, 4.69) is 19.2 Å². The monoisotopic (exact) mass is 747 g/mol. The lowest BCUT2D eigenvalue weighted by molar-refractivity contribution is -0.870. The number of nitrogens with zero attached hydrogens (tertiary/aromatic N) is 1. The maximum Gasteiger partial charge on any atom is 0.268 e. The van der Waals surface area contributed by atoms with Gasteiger partial charge in [0.2, 0.25) is 5.91 Å². The highest BCUT2D eigenvalue weighted by Crippen LogP contribution is 2.38. The van der Waals surface area contributed by atoms with Crippen LogP contribution in [0, 0.1) is 0 Å². The largest absolute Gasteiger partial charge is 0.756 e. The maximum atomic E-state index is 12.8. The van der Waals surface area contributed by atoms with Gasteiger partial charge in [-0.05, 0) is 12.8 Å². The van der Waals surface area contributed by atoms with E-state index in [-0.39, 0.29) is 19.1 Å². The minimum Gasteiger partial charge on any atom is -0.756 e. The Balaban J connectivity index is 4.36. The van der Waals surface area contributed by atoms with Crippen LogP contribution in [0.3, 0.4) is 0 Å². The summed E-state index contributed by atoms with van der Waals surface area (Å²) < 4.78 is 23.2. The lowest BCUT2D eigenvalue weighted by Crippen LogP contribution is -2.46. The van der Waals surface area contributed by atoms with E-state index in [4.69, 9.17) is 9.05 Å². The van der Waals surface area contributed by atoms with Crippen molar-refractivity contribution in [2.45, 2.75) is 225 Å². The van der Waals surface area contributed by atoms with Crippen LogP contribution in [0.1, 0.15) is 213 Å². The highest BCUT2D eigenvalue weighted by atomic mass is 31.2. The molecule has 0 aliphatic rings. The zero-order valence-electron chi connectivity index (χ0n) is 34.6. The van der Waals surface area contributed by atoms with Crippen LogP contribution in [0.4, 0.5) is 0 Å². The number of aliphatic hydroxyl groups is 1. The van der Waals surface area contributed by atoms with Gasteiger partial charge in [-0.15, -0.1) is 0 Å². The van der Waals surface area contributed by atoms with Gasteiger partial charge in [0.1, 0.15) is 13.2 Å². The molecule has 0 radical (unpaired) electrons. The fraction of sp³-hybridized carbons (Fsp3) is 0.976. The first kappa shape index (κ1) is 50.5. The Morgan fingerprint density at radius 2 is 0.961 bits per heavy atom. The molecule has 9 heteroatoms. The van der Waals surface area contributed by atoms with E-state index in [1.807, 2.05) is 21.1 Å². The predicted octanol–water partition coefficient (Wildman–Crippen LogP) is 11.2. The highest BCUT2D eigenvalue weighted by Gasteiger charge is 2.24. The molecule has 0 saturated carbocycles. The van der Waals surface area contributed by atoms with Gasteiger partial charge in [-0.1, -0.05) is 194 Å². The number of carbonyl (C=O) groups is 1. The van der Waals surface area contributed by atoms with Gasteiger partial charge in [0.05, 0.1) is 39.9 Å². The summed E-state index contributed by atoms with van der Waals surface area (Å²) in [5, 5.41) is 13.9. The van der Waals surface area contributed by atoms with E-state index >= 15 is 0 Å². The first-order valence-electron chi connectivity index (χ1n) is 21.9. The molecule has 1 amide bonds. The molecule has 0 aliphatic carbocycles. The number of unbranched alkanes of at least 4 members (excludes halogenated alkanes) is 27. The third-order valence-corrected chi connectivity index (χ3v) is 11.1. The summed E-state index contributed by atoms with van der Waals surface area (Å²) in [5.41, 5.74) is 0. The van der Waals surface area contributed by atoms with Gasteiger partial charge in [-0.25, -0.2) is 0 Å². The fourth-order valence-electron chi connectivity index (χ4n) is 6.57. The van der Waals surface area contributed by atoms with Crippen LogP contribution in [0.15, 0.2) is 0 Å². The van der Waals surface area contributed by atoms with E-state index in [9.17, 15) is 19.4 Å². The molecule has 8 nitrogen and oxygen atoms in total. The van der Waals surface area contributed by atoms with E-state index in [0.717, 1.165) is 38.5 Å². The summed E-state index contributed by atoms with van der Waals surface area (Å²) in [5.74, 6) is -0.162. The van der Waals surface area contributed by atoms with Gasteiger partial charge < -0.3 is 28.8 Å². The average Bonchev–Trinajstić information content (AvgIpc) is 3.07. The zero-order chi connectivity index (χ0) is 37.9. The molecule has 3 atom stereocenters. The summed E-state index contributed by atoms with van der Waals surface area (Å²) in [6.07, 6.45) is 36.6. The lowest BCUT2D eigenvalue weighted by atomic mass is 10.0. The number of aliphatic hydroxyl groups excluding tert-OH is 1. The molecule has 0 rings (SSSR count). The van der Waals surface area contributed by atoms with Gasteiger partial charge in [-0.2, -0.15) is 0 Å². The second kappa shape index (κ2) is 35.2. The van der Waals surface area contributed by atoms with Crippen molar-refractivity contribution in [3.05, 3.63) is 0 Å². The Morgan fingerprint density at radius 1 is 0.608 bits per heavy atom. The molecular formula is C42H87N2O6P. The number of carbonyl (C=O) groups excluding carboxylic acids is 1. The number of likely N-dealkylation sites (N-methyl/N-ethyl adjacent to an activating group) is 1. The predicted molar refractivity (Wildman–Crippen MR) is 215 cm³/mol. The first-order chi connectivity index (χ1) is 24.5. The van der Waals surface area contributed by atoms with Crippen LogP contribution in [-0.4, -0.2) is 68.5 Å². The van der Waals surface area contributed by atoms with Crippen LogP contribution < -0.4 is 10.2 Å². The minimum absolute atomic E-state index is 0.0160. The van der Waals surface area contributed by atoms with Crippen molar-refractivity contribution in [1.82, 2.24) is 5.32 Å². The molecule has 0 aromatic rings. The lowest BCUT2D eigenvalue weighted by Gasteiger charge is -2.30. The topological polar surface area (TPSA) is 108 Å². The maximum absolute atomic E-state index is 12.8. The molecule has 0 spiro atoms. The van der Waals surface area contributed by atoms with Crippen molar-refractivity contribution < 1.29 is 32.9 Å². The summed E-state index contributed by atoms with van der Waals surface area (Å²) in [6.45, 7) is 4.73. The quantitative estimate of drug-likeness (QED) is 0.0367. The number of nitrogens with one attached hydrogen (secondary N) is 1. The van der Waals surface area contributed by atoms with E-state index in [1.54, 1.807) is 0 Å². The standard InChI is InChI=1S/C42H87N2O6P/c1-6-8-10-12-14-16-18-20-22-23-25-27-29-31-33-35-41(45)40(39-50-51(47,48)49-38-37-44(3,4)5)43-42(46)36-34-32-30-28-26-24-21-19-17-15-13-11-9-7-2/h40-41,45H,6-39H2,1-5H3,(H-,43,46,47,48)/t40-,41+/m0/s1. The molecule has 2 N–H and O–H groups in total. The molecular weight excluding hydrogens is 659 g/mol. The number of phosphoric acid groups is 1. The van der Waals surface area contributed by atoms with Crippen LogP contribution in [0.5, 0.6) is 0 Å². The van der Waals surface area contributed by atoms with Crippen molar-refractivity contribution in [3.8, 4) is 0 Å². The Bertz CT molecular complexity index is 809. The molecule has 0 fully saturated rings. The van der Waals surface area contributed by atoms with Gasteiger partial charge in [-0.3, -0.25) is 9.36 Å². The van der Waals surface area contributed by atoms with Gasteiger partial charge in [0.25, 0.3) is 7.82 Å². The van der Waals surface area contributed by atoms with Gasteiger partial charge in [0, 0.05) is 6.42 Å². The second-order valence-electron chi connectivity index (χ2n) is 16.4. The van der Waals surface area contributed by atoms with Crippen molar-refractivity contribution in [3.63, 3.8) is 0 Å². The number of rotatable bonds is 40. The SMILES string of the molecule is CCCCCCCCCCCCCCCCC[C@@H](O)[C@H](COP(=O)([O-])OCC[N+](C)(C)C)NC(=O)CCCCCCCCCCCCCCCC. The van der Waals surface area contributed by atoms with Crippen molar-refractivity contribution >= 4 is 13.7 Å². The first-order valence-corrected chi connectivity index (χ1v) is 23.3. The van der Waals surface area contributed by atoms with Crippen molar-refractivity contribution in [2.75, 3.05) is 40.9 Å². The van der Waals surface area contributed by atoms with E-state index < -0.39 is 20.0 Å². The third kappa shape index (κ3) is 37.6. The van der Waals surface area contributed by atoms with Crippen molar-refractivity contribution in [2.24, 2.45) is 0 Å². The minimum atomic E-state index is -4.55. The highest BCUT2D eigenvalue weighted by molar-refractivity contribution is 7.45. The van der Waals surface area contributed by atoms with Crippen molar-refractivity contribution in [1.29, 1.82) is 0 Å². The normalized spacial score (nSPS) is 14.4. The summed E-state index contributed by atoms with van der Waals surface area (Å²) >= 11 is 0. The second-order valence-corrected chi connectivity index (χ2v) is 17.8. The Kier molecular flexibility index (Phi) is 34.9. The van der Waals surface area contributed by atoms with Gasteiger partial charge >= 0.3 is 0 Å². The number of amides is 1. The molecule has 0 bridgehead atoms. The molecule has 0 aliphatic heterocycles. The van der Waals surface area contributed by atoms with Crippen LogP contribution in [0.25, 0.3) is 0 Å². The van der Waals surface area contributed by atoms with Crippen LogP contribution in [0.2, 0.25) is 0 Å². The van der Waals surface area contributed by atoms with E-state index in [1.165, 1.54) is 148 Å². The molecule has 306 valence electrons. The number of quaternary nitrogens is 1. The molecule has 0 saturated heterocycles. The molecule has 0 aromatic carbocycles. The molecule has 51 heavy (non-hydrogen) atoms. The fourth-order valence-corrected chi connectivity index (χ4v) is 7.29. The number of phosphoric ester groups is 1. The Hall–Kier alpha value is -0.500. The number of hydrogen-bond donors (Lipinski definition) is 2. The van der Waals surface area contributed by atoms with Gasteiger partial charge in [0.15, 0.2) is 0 Å². The number of hydrogen-bond acceptors (Lipinski definition) is 6. The molecule has 0 heterocycles. The summed E-state index contributed by atoms with van der Waals surface area (Å²) in [6, 6.07) is -0.792. The van der Waals surface area contributed by atoms with Crippen LogP contribution >= 0.6 is 7.82 Å². The average molecular weight is 747 g/mol. The molecule has 1 unspecified atom stereocenters. The summed E-state index contributed by atoms with van der Waals surface area (Å²) in [4.78, 5) is 25.3. The van der Waals surface area contributed by atoms with Crippen LogP contribution in [-0.2, 0) is 18.4 Å². The Morgan fingerprint density at radius 3 is 1.33 bits per heavy atom. The third-order valence-electron chi connectivity index (χ3n) is 10.1. The smallest absolute Gasteiger partial charge is 0.268 e.